The van der Waals surface area contributed by atoms with Crippen LogP contribution in [0.4, 0.5) is 11.4 Å². The van der Waals surface area contributed by atoms with Crippen molar-refractivity contribution in [2.24, 2.45) is 5.92 Å². The molecule has 2 N–H and O–H groups in total. The van der Waals surface area contributed by atoms with Crippen molar-refractivity contribution in [2.75, 3.05) is 16.8 Å². The fourth-order valence-corrected chi connectivity index (χ4v) is 1.94. The lowest BCUT2D eigenvalue weighted by molar-refractivity contribution is -0.144. The number of hydrogen-bond donors (Lipinski definition) is 2. The van der Waals surface area contributed by atoms with Crippen molar-refractivity contribution in [2.45, 2.75) is 33.7 Å². The molecule has 110 valence electrons. The fourth-order valence-electron chi connectivity index (χ4n) is 1.94. The molecule has 1 amide bonds. The molecule has 1 aromatic rings. The van der Waals surface area contributed by atoms with Crippen molar-refractivity contribution >= 4 is 23.3 Å². The third kappa shape index (κ3) is 3.98. The van der Waals surface area contributed by atoms with Crippen molar-refractivity contribution < 1.29 is 14.7 Å². The Labute approximate surface area is 119 Å². The van der Waals surface area contributed by atoms with E-state index in [0.29, 0.717) is 11.7 Å². The minimum Gasteiger partial charge on any atom is -0.481 e. The van der Waals surface area contributed by atoms with Gasteiger partial charge in [-0.3, -0.25) is 9.59 Å². The minimum atomic E-state index is -1.13. The molecule has 0 aliphatic rings. The van der Waals surface area contributed by atoms with Crippen molar-refractivity contribution in [1.29, 1.82) is 0 Å². The zero-order valence-electron chi connectivity index (χ0n) is 12.4. The average molecular weight is 278 g/mol. The summed E-state index contributed by atoms with van der Waals surface area (Å²) in [5, 5.41) is 11.4. The van der Waals surface area contributed by atoms with Crippen LogP contribution in [0.25, 0.3) is 0 Å². The van der Waals surface area contributed by atoms with Crippen LogP contribution in [-0.2, 0) is 9.59 Å². The van der Waals surface area contributed by atoms with Crippen LogP contribution in [-0.4, -0.2) is 29.6 Å². The third-order valence-corrected chi connectivity index (χ3v) is 3.19. The van der Waals surface area contributed by atoms with Gasteiger partial charge in [0, 0.05) is 24.0 Å². The van der Waals surface area contributed by atoms with Crippen LogP contribution in [0.5, 0.6) is 0 Å². The zero-order chi connectivity index (χ0) is 15.3. The van der Waals surface area contributed by atoms with Crippen LogP contribution in [0.3, 0.4) is 0 Å². The number of benzene rings is 1. The molecule has 0 aliphatic carbocycles. The second-order valence-corrected chi connectivity index (χ2v) is 4.98. The maximum absolute atomic E-state index is 11.6. The van der Waals surface area contributed by atoms with E-state index in [1.54, 1.807) is 12.1 Å². The van der Waals surface area contributed by atoms with Gasteiger partial charge in [0.15, 0.2) is 0 Å². The van der Waals surface area contributed by atoms with Gasteiger partial charge in [0.1, 0.15) is 5.92 Å². The topological polar surface area (TPSA) is 69.6 Å². The van der Waals surface area contributed by atoms with Gasteiger partial charge in [-0.05, 0) is 52.0 Å². The molecule has 0 aromatic heterocycles. The molecule has 1 aromatic carbocycles. The summed E-state index contributed by atoms with van der Waals surface area (Å²) in [7, 11) is 0. The van der Waals surface area contributed by atoms with E-state index >= 15 is 0 Å². The van der Waals surface area contributed by atoms with Crippen LogP contribution in [0.1, 0.15) is 27.7 Å². The van der Waals surface area contributed by atoms with Crippen molar-refractivity contribution in [3.05, 3.63) is 24.3 Å². The predicted molar refractivity (Wildman–Crippen MR) is 80.0 cm³/mol. The zero-order valence-corrected chi connectivity index (χ0v) is 12.4. The summed E-state index contributed by atoms with van der Waals surface area (Å²) in [5.74, 6) is -2.70. The van der Waals surface area contributed by atoms with Gasteiger partial charge in [-0.1, -0.05) is 0 Å². The van der Waals surface area contributed by atoms with Gasteiger partial charge in [0.25, 0.3) is 0 Å². The summed E-state index contributed by atoms with van der Waals surface area (Å²) in [4.78, 5) is 24.6. The number of hydrogen-bond acceptors (Lipinski definition) is 3. The van der Waals surface area contributed by atoms with Gasteiger partial charge >= 0.3 is 5.97 Å². The third-order valence-electron chi connectivity index (χ3n) is 3.19. The number of carbonyl (C=O) groups is 2. The van der Waals surface area contributed by atoms with Crippen LogP contribution in [0.2, 0.25) is 0 Å². The Bertz CT molecular complexity index is 469. The standard InChI is InChI=1S/C15H22N2O3/c1-5-17(10(2)3)13-8-6-12(7-9-13)16-14(18)11(4)15(19)20/h6-11H,5H2,1-4H3,(H,16,18)(H,19,20). The van der Waals surface area contributed by atoms with E-state index in [0.717, 1.165) is 12.2 Å². The summed E-state index contributed by atoms with van der Waals surface area (Å²) >= 11 is 0. The number of carbonyl (C=O) groups excluding carboxylic acids is 1. The van der Waals surface area contributed by atoms with E-state index in [1.165, 1.54) is 6.92 Å². The van der Waals surface area contributed by atoms with E-state index in [2.05, 4.69) is 31.0 Å². The van der Waals surface area contributed by atoms with Crippen molar-refractivity contribution in [3.63, 3.8) is 0 Å². The first-order valence-corrected chi connectivity index (χ1v) is 6.77. The number of nitrogens with one attached hydrogen (secondary N) is 1. The predicted octanol–water partition coefficient (Wildman–Crippen LogP) is 2.58. The first-order chi connectivity index (χ1) is 9.36. The monoisotopic (exact) mass is 278 g/mol. The minimum absolute atomic E-state index is 0.396. The molecule has 5 heteroatoms. The van der Waals surface area contributed by atoms with Gasteiger partial charge in [0.2, 0.25) is 5.91 Å². The molecule has 1 unspecified atom stereocenters. The molecule has 0 saturated heterocycles. The van der Waals surface area contributed by atoms with Crippen LogP contribution in [0.15, 0.2) is 24.3 Å². The van der Waals surface area contributed by atoms with Crippen molar-refractivity contribution in [3.8, 4) is 0 Å². The van der Waals surface area contributed by atoms with Crippen molar-refractivity contribution in [1.82, 2.24) is 0 Å². The first-order valence-electron chi connectivity index (χ1n) is 6.77. The van der Waals surface area contributed by atoms with Gasteiger partial charge in [-0.2, -0.15) is 0 Å². The fraction of sp³-hybridized carbons (Fsp3) is 0.467. The average Bonchev–Trinajstić information content (AvgIpc) is 2.40. The SMILES string of the molecule is CCN(c1ccc(NC(=O)C(C)C(=O)O)cc1)C(C)C. The van der Waals surface area contributed by atoms with Crippen LogP contribution >= 0.6 is 0 Å². The molecular formula is C15H22N2O3. The quantitative estimate of drug-likeness (QED) is 0.785. The second kappa shape index (κ2) is 6.93. The molecule has 0 heterocycles. The summed E-state index contributed by atoms with van der Waals surface area (Å²) in [6.07, 6.45) is 0. The van der Waals surface area contributed by atoms with Crippen LogP contribution in [0, 0.1) is 5.92 Å². The van der Waals surface area contributed by atoms with Gasteiger partial charge in [-0.15, -0.1) is 0 Å². The molecule has 0 fully saturated rings. The number of anilines is 2. The highest BCUT2D eigenvalue weighted by Gasteiger charge is 2.20. The molecule has 0 radical (unpaired) electrons. The van der Waals surface area contributed by atoms with Gasteiger partial charge < -0.3 is 15.3 Å². The molecule has 20 heavy (non-hydrogen) atoms. The first kappa shape index (κ1) is 16.0. The number of amides is 1. The summed E-state index contributed by atoms with van der Waals surface area (Å²) in [6, 6.07) is 7.81. The lowest BCUT2D eigenvalue weighted by Crippen LogP contribution is -2.30. The maximum Gasteiger partial charge on any atom is 0.315 e. The molecular weight excluding hydrogens is 256 g/mol. The molecule has 0 spiro atoms. The lowest BCUT2D eigenvalue weighted by atomic mass is 10.1. The highest BCUT2D eigenvalue weighted by molar-refractivity contribution is 6.03. The molecule has 0 saturated carbocycles. The highest BCUT2D eigenvalue weighted by Crippen LogP contribution is 2.20. The number of nitrogens with zero attached hydrogens (tertiary/aromatic N) is 1. The van der Waals surface area contributed by atoms with Gasteiger partial charge in [-0.25, -0.2) is 0 Å². The smallest absolute Gasteiger partial charge is 0.315 e. The Morgan fingerprint density at radius 3 is 2.15 bits per heavy atom. The molecule has 1 rings (SSSR count). The van der Waals surface area contributed by atoms with E-state index in [1.807, 2.05) is 12.1 Å². The van der Waals surface area contributed by atoms with Gasteiger partial charge in [0.05, 0.1) is 0 Å². The number of rotatable bonds is 6. The van der Waals surface area contributed by atoms with Crippen LogP contribution < -0.4 is 10.2 Å². The molecule has 0 bridgehead atoms. The normalized spacial score (nSPS) is 12.1. The Morgan fingerprint density at radius 1 is 1.20 bits per heavy atom. The van der Waals surface area contributed by atoms with E-state index in [4.69, 9.17) is 5.11 Å². The summed E-state index contributed by atoms with van der Waals surface area (Å²) < 4.78 is 0. The number of aliphatic carboxylic acids is 1. The number of carboxylic acid groups (broad SMARTS) is 1. The summed E-state index contributed by atoms with van der Waals surface area (Å²) in [5.41, 5.74) is 1.68. The molecule has 5 nitrogen and oxygen atoms in total. The van der Waals surface area contributed by atoms with E-state index in [9.17, 15) is 9.59 Å². The second-order valence-electron chi connectivity index (χ2n) is 4.98. The maximum atomic E-state index is 11.6. The van der Waals surface area contributed by atoms with E-state index < -0.39 is 17.8 Å². The Kier molecular flexibility index (Phi) is 5.55. The molecule has 0 aliphatic heterocycles. The lowest BCUT2D eigenvalue weighted by Gasteiger charge is -2.27. The molecule has 1 atom stereocenters. The Balaban J connectivity index is 2.77. The Hall–Kier alpha value is -2.04. The summed E-state index contributed by atoms with van der Waals surface area (Å²) in [6.45, 7) is 8.59. The largest absolute Gasteiger partial charge is 0.481 e. The van der Waals surface area contributed by atoms with E-state index in [-0.39, 0.29) is 0 Å². The highest BCUT2D eigenvalue weighted by atomic mass is 16.4. The number of carboxylic acids is 1. The Morgan fingerprint density at radius 2 is 1.75 bits per heavy atom.